The number of aromatic nitrogens is 2. The molecule has 0 saturated heterocycles. The monoisotopic (exact) mass is 328 g/mol. The Kier molecular flexibility index (Phi) is 3.26. The van der Waals surface area contributed by atoms with Gasteiger partial charge in [0.2, 0.25) is 0 Å². The van der Waals surface area contributed by atoms with E-state index in [0.717, 1.165) is 21.2 Å². The maximum atomic E-state index is 4.34. The number of rotatable bonds is 2. The predicted molar refractivity (Wildman–Crippen MR) is 67.9 cm³/mol. The molecule has 2 aromatic rings. The second kappa shape index (κ2) is 4.49. The molecule has 0 fully saturated rings. The molecule has 2 nitrogen and oxygen atoms in total. The summed E-state index contributed by atoms with van der Waals surface area (Å²) in [6, 6.07) is 8.30. The normalized spacial score (nSPS) is 10.6. The molecule has 0 aliphatic rings. The van der Waals surface area contributed by atoms with Crippen LogP contribution in [0.3, 0.4) is 0 Å². The van der Waals surface area contributed by atoms with Gasteiger partial charge in [-0.3, -0.25) is 0 Å². The predicted octanol–water partition coefficient (Wildman–Crippen LogP) is 3.54. The molecule has 1 heterocycles. The molecule has 15 heavy (non-hydrogen) atoms. The van der Waals surface area contributed by atoms with E-state index < -0.39 is 0 Å². The van der Waals surface area contributed by atoms with Crippen molar-refractivity contribution >= 4 is 31.9 Å². The fraction of sp³-hybridized carbons (Fsp3) is 0.182. The summed E-state index contributed by atoms with van der Waals surface area (Å²) in [5, 5.41) is 0. The van der Waals surface area contributed by atoms with Crippen LogP contribution >= 0.6 is 31.9 Å². The van der Waals surface area contributed by atoms with Crippen LogP contribution in [0.1, 0.15) is 11.3 Å². The molecule has 2 rings (SSSR count). The Hall–Kier alpha value is -0.610. The second-order valence-corrected chi connectivity index (χ2v) is 5.06. The Labute approximate surface area is 106 Å². The molecule has 0 N–H and O–H groups in total. The molecule has 0 spiro atoms. The molecule has 78 valence electrons. The van der Waals surface area contributed by atoms with E-state index in [4.69, 9.17) is 0 Å². The fourth-order valence-corrected chi connectivity index (χ4v) is 1.98. The van der Waals surface area contributed by atoms with Crippen molar-refractivity contribution < 1.29 is 0 Å². The molecule has 1 aromatic carbocycles. The van der Waals surface area contributed by atoms with Gasteiger partial charge in [0.25, 0.3) is 0 Å². The van der Waals surface area contributed by atoms with E-state index in [1.165, 1.54) is 5.56 Å². The van der Waals surface area contributed by atoms with Crippen molar-refractivity contribution in [3.63, 3.8) is 0 Å². The standard InChI is InChI=1S/C11H10Br2N2/c1-15-7-14-10(11(15)13)6-8-2-4-9(12)5-3-8/h2-5,7H,6H2,1H3. The Morgan fingerprint density at radius 1 is 1.20 bits per heavy atom. The van der Waals surface area contributed by atoms with Gasteiger partial charge in [0.1, 0.15) is 4.60 Å². The van der Waals surface area contributed by atoms with Crippen molar-refractivity contribution in [1.29, 1.82) is 0 Å². The van der Waals surface area contributed by atoms with Crippen molar-refractivity contribution in [2.75, 3.05) is 0 Å². The van der Waals surface area contributed by atoms with Gasteiger partial charge in [0.05, 0.1) is 12.0 Å². The zero-order valence-corrected chi connectivity index (χ0v) is 11.4. The average molecular weight is 330 g/mol. The van der Waals surface area contributed by atoms with E-state index in [9.17, 15) is 0 Å². The molecule has 0 bridgehead atoms. The molecule has 0 atom stereocenters. The summed E-state index contributed by atoms with van der Waals surface area (Å²) in [4.78, 5) is 4.34. The summed E-state index contributed by atoms with van der Waals surface area (Å²) >= 11 is 6.93. The molecular weight excluding hydrogens is 320 g/mol. The first-order valence-electron chi connectivity index (χ1n) is 4.57. The minimum atomic E-state index is 0.856. The Balaban J connectivity index is 2.22. The van der Waals surface area contributed by atoms with Crippen LogP contribution in [0, 0.1) is 0 Å². The third-order valence-corrected chi connectivity index (χ3v) is 3.77. The number of hydrogen-bond donors (Lipinski definition) is 0. The van der Waals surface area contributed by atoms with Gasteiger partial charge in [-0.2, -0.15) is 0 Å². The number of halogens is 2. The molecular formula is C11H10Br2N2. The molecule has 0 aliphatic heterocycles. The molecule has 4 heteroatoms. The maximum absolute atomic E-state index is 4.34. The van der Waals surface area contributed by atoms with Gasteiger partial charge in [-0.15, -0.1) is 0 Å². The van der Waals surface area contributed by atoms with E-state index in [1.54, 1.807) is 0 Å². The SMILES string of the molecule is Cn1cnc(Cc2ccc(Br)cc2)c1Br. The highest BCUT2D eigenvalue weighted by atomic mass is 79.9. The summed E-state index contributed by atoms with van der Waals surface area (Å²) in [6.07, 6.45) is 2.67. The Bertz CT molecular complexity index is 460. The smallest absolute Gasteiger partial charge is 0.108 e. The highest BCUT2D eigenvalue weighted by molar-refractivity contribution is 9.10. The van der Waals surface area contributed by atoms with Crippen LogP contribution in [0.15, 0.2) is 39.7 Å². The number of hydrogen-bond acceptors (Lipinski definition) is 1. The molecule has 0 amide bonds. The first-order valence-corrected chi connectivity index (χ1v) is 6.15. The fourth-order valence-electron chi connectivity index (χ4n) is 1.38. The Morgan fingerprint density at radius 2 is 1.87 bits per heavy atom. The lowest BCUT2D eigenvalue weighted by Gasteiger charge is -2.00. The summed E-state index contributed by atoms with van der Waals surface area (Å²) in [6.45, 7) is 0. The summed E-state index contributed by atoms with van der Waals surface area (Å²) in [5.74, 6) is 0. The largest absolute Gasteiger partial charge is 0.328 e. The zero-order valence-electron chi connectivity index (χ0n) is 8.24. The van der Waals surface area contributed by atoms with E-state index in [0.29, 0.717) is 0 Å². The van der Waals surface area contributed by atoms with Crippen molar-refractivity contribution in [3.8, 4) is 0 Å². The number of benzene rings is 1. The second-order valence-electron chi connectivity index (χ2n) is 3.40. The number of nitrogens with zero attached hydrogens (tertiary/aromatic N) is 2. The van der Waals surface area contributed by atoms with Crippen molar-refractivity contribution in [1.82, 2.24) is 9.55 Å². The first-order chi connectivity index (χ1) is 7.16. The summed E-state index contributed by atoms with van der Waals surface area (Å²) in [5.41, 5.74) is 2.33. The van der Waals surface area contributed by atoms with Crippen LogP contribution in [0.25, 0.3) is 0 Å². The van der Waals surface area contributed by atoms with Gasteiger partial charge in [-0.1, -0.05) is 28.1 Å². The van der Waals surface area contributed by atoms with Gasteiger partial charge < -0.3 is 4.57 Å². The third-order valence-electron chi connectivity index (χ3n) is 2.22. The van der Waals surface area contributed by atoms with E-state index >= 15 is 0 Å². The topological polar surface area (TPSA) is 17.8 Å². The lowest BCUT2D eigenvalue weighted by Crippen LogP contribution is -1.90. The number of aryl methyl sites for hydroxylation is 1. The quantitative estimate of drug-likeness (QED) is 0.824. The lowest BCUT2D eigenvalue weighted by atomic mass is 10.1. The van der Waals surface area contributed by atoms with Gasteiger partial charge >= 0.3 is 0 Å². The van der Waals surface area contributed by atoms with Crippen LogP contribution in [-0.2, 0) is 13.5 Å². The van der Waals surface area contributed by atoms with Gasteiger partial charge in [-0.25, -0.2) is 4.98 Å². The van der Waals surface area contributed by atoms with E-state index in [-0.39, 0.29) is 0 Å². The van der Waals surface area contributed by atoms with Crippen molar-refractivity contribution in [3.05, 3.63) is 50.9 Å². The molecule has 0 unspecified atom stereocenters. The Morgan fingerprint density at radius 3 is 2.40 bits per heavy atom. The van der Waals surface area contributed by atoms with E-state index in [1.807, 2.05) is 30.1 Å². The average Bonchev–Trinajstić information content (AvgIpc) is 2.53. The third kappa shape index (κ3) is 2.49. The zero-order chi connectivity index (χ0) is 10.8. The highest BCUT2D eigenvalue weighted by Gasteiger charge is 2.06. The van der Waals surface area contributed by atoms with Crippen molar-refractivity contribution in [2.45, 2.75) is 6.42 Å². The van der Waals surface area contributed by atoms with Crippen LogP contribution in [0.4, 0.5) is 0 Å². The van der Waals surface area contributed by atoms with Gasteiger partial charge in [0, 0.05) is 17.9 Å². The summed E-state index contributed by atoms with van der Waals surface area (Å²) < 4.78 is 4.12. The summed E-state index contributed by atoms with van der Waals surface area (Å²) in [7, 11) is 1.97. The van der Waals surface area contributed by atoms with Crippen LogP contribution in [-0.4, -0.2) is 9.55 Å². The van der Waals surface area contributed by atoms with Crippen LogP contribution in [0.5, 0.6) is 0 Å². The molecule has 1 aromatic heterocycles. The molecule has 0 radical (unpaired) electrons. The maximum Gasteiger partial charge on any atom is 0.108 e. The minimum absolute atomic E-state index is 0.856. The highest BCUT2D eigenvalue weighted by Crippen LogP contribution is 2.19. The molecule has 0 saturated carbocycles. The van der Waals surface area contributed by atoms with Gasteiger partial charge in [0.15, 0.2) is 0 Å². The van der Waals surface area contributed by atoms with E-state index in [2.05, 4.69) is 49.0 Å². The van der Waals surface area contributed by atoms with Crippen molar-refractivity contribution in [2.24, 2.45) is 7.05 Å². The molecule has 0 aliphatic carbocycles. The lowest BCUT2D eigenvalue weighted by molar-refractivity contribution is 0.887. The number of imidazole rings is 1. The minimum Gasteiger partial charge on any atom is -0.328 e. The van der Waals surface area contributed by atoms with Gasteiger partial charge in [-0.05, 0) is 33.6 Å². The first kappa shape index (κ1) is 10.9. The van der Waals surface area contributed by atoms with Crippen LogP contribution < -0.4 is 0 Å². The van der Waals surface area contributed by atoms with Crippen LogP contribution in [0.2, 0.25) is 0 Å².